The third kappa shape index (κ3) is 5.23. The number of benzene rings is 1. The maximum atomic E-state index is 12.6. The smallest absolute Gasteiger partial charge is 0.230 e. The van der Waals surface area contributed by atoms with Gasteiger partial charge in [-0.15, -0.1) is 0 Å². The molecule has 156 valence electrons. The van der Waals surface area contributed by atoms with E-state index in [0.29, 0.717) is 17.7 Å². The number of amides is 1. The van der Waals surface area contributed by atoms with Gasteiger partial charge in [-0.3, -0.25) is 4.79 Å². The minimum Gasteiger partial charge on any atom is -0.376 e. The summed E-state index contributed by atoms with van der Waals surface area (Å²) in [4.78, 5) is 17.2. The Hall–Kier alpha value is -1.79. The van der Waals surface area contributed by atoms with E-state index in [4.69, 9.17) is 4.74 Å². The molecule has 0 spiro atoms. The molecule has 1 aromatic heterocycles. The molecule has 2 aliphatic rings. The largest absolute Gasteiger partial charge is 0.376 e. The molecule has 29 heavy (non-hydrogen) atoms. The summed E-state index contributed by atoms with van der Waals surface area (Å²) in [7, 11) is 0. The second kappa shape index (κ2) is 9.81. The van der Waals surface area contributed by atoms with E-state index in [2.05, 4.69) is 33.9 Å². The average molecular weight is 414 g/mol. The number of carbonyl (C=O) groups excluding carboxylic acids is 1. The molecular weight excluding hydrogens is 382 g/mol. The Balaban J connectivity index is 1.44. The van der Waals surface area contributed by atoms with Crippen LogP contribution in [0.1, 0.15) is 45.4 Å². The number of rotatable bonds is 7. The minimum atomic E-state index is 0.113. The summed E-state index contributed by atoms with van der Waals surface area (Å²) in [6, 6.07) is 10.7. The van der Waals surface area contributed by atoms with Gasteiger partial charge in [-0.1, -0.05) is 61.9 Å². The topological polar surface area (TPSA) is 56.2 Å². The Morgan fingerprint density at radius 2 is 2.03 bits per heavy atom. The predicted octanol–water partition coefficient (Wildman–Crippen LogP) is 4.52. The molecule has 1 aromatic carbocycles. The fourth-order valence-corrected chi connectivity index (χ4v) is 5.19. The van der Waals surface area contributed by atoms with E-state index >= 15 is 0 Å². The van der Waals surface area contributed by atoms with Crippen molar-refractivity contribution in [2.24, 2.45) is 5.92 Å². The van der Waals surface area contributed by atoms with Crippen LogP contribution >= 0.6 is 11.8 Å². The lowest BCUT2D eigenvalue weighted by molar-refractivity contribution is -0.119. The first-order valence-corrected chi connectivity index (χ1v) is 11.8. The molecule has 4 rings (SSSR count). The van der Waals surface area contributed by atoms with Gasteiger partial charge in [-0.25, -0.2) is 4.98 Å². The summed E-state index contributed by atoms with van der Waals surface area (Å²) >= 11 is 1.53. The Morgan fingerprint density at radius 1 is 1.21 bits per heavy atom. The molecule has 0 radical (unpaired) electrons. The highest BCUT2D eigenvalue weighted by Gasteiger charge is 2.24. The molecule has 3 atom stereocenters. The van der Waals surface area contributed by atoms with Crippen molar-refractivity contribution in [2.75, 3.05) is 12.4 Å². The quantitative estimate of drug-likeness (QED) is 0.678. The van der Waals surface area contributed by atoms with Crippen molar-refractivity contribution < 1.29 is 9.53 Å². The van der Waals surface area contributed by atoms with Crippen LogP contribution in [-0.4, -0.2) is 40.0 Å². The number of ether oxygens (including phenoxy) is 1. The monoisotopic (exact) mass is 413 g/mol. The van der Waals surface area contributed by atoms with Crippen molar-refractivity contribution in [1.82, 2.24) is 14.9 Å². The van der Waals surface area contributed by atoms with Crippen molar-refractivity contribution in [1.29, 1.82) is 0 Å². The number of nitrogens with zero attached hydrogens (tertiary/aromatic N) is 2. The van der Waals surface area contributed by atoms with E-state index in [1.807, 2.05) is 24.4 Å². The zero-order chi connectivity index (χ0) is 20.1. The first-order valence-electron chi connectivity index (χ1n) is 10.9. The van der Waals surface area contributed by atoms with Gasteiger partial charge in [0.25, 0.3) is 0 Å². The minimum absolute atomic E-state index is 0.113. The van der Waals surface area contributed by atoms with Crippen molar-refractivity contribution in [3.63, 3.8) is 0 Å². The van der Waals surface area contributed by atoms with E-state index < -0.39 is 0 Å². The number of carbonyl (C=O) groups is 1. The number of hydrogen-bond acceptors (Lipinski definition) is 4. The lowest BCUT2D eigenvalue weighted by Gasteiger charge is -2.29. The zero-order valence-corrected chi connectivity index (χ0v) is 18.0. The standard InChI is InChI=1S/C23H31N3O2S/c1-17-8-5-6-12-20(17)25-22(27)16-29-23-24-14-21(18-9-3-2-4-10-18)26(23)15-19-11-7-13-28-19/h2-4,9-10,14,17,19-20H,5-8,11-13,15-16H2,1H3,(H,25,27). The molecule has 1 N–H and O–H groups in total. The molecular formula is C23H31N3O2S. The fraction of sp³-hybridized carbons (Fsp3) is 0.565. The van der Waals surface area contributed by atoms with E-state index in [0.717, 1.165) is 48.8 Å². The Kier molecular flexibility index (Phi) is 6.93. The number of imidazole rings is 1. The summed E-state index contributed by atoms with van der Waals surface area (Å²) in [5.41, 5.74) is 2.23. The van der Waals surface area contributed by atoms with Gasteiger partial charge in [0.1, 0.15) is 0 Å². The molecule has 0 bridgehead atoms. The SMILES string of the molecule is CC1CCCCC1NC(=O)CSc1ncc(-c2ccccc2)n1CC1CCCO1. The first kappa shape index (κ1) is 20.5. The average Bonchev–Trinajstić information content (AvgIpc) is 3.39. The van der Waals surface area contributed by atoms with Gasteiger partial charge in [-0.2, -0.15) is 0 Å². The highest BCUT2D eigenvalue weighted by Crippen LogP contribution is 2.29. The number of thioether (sulfide) groups is 1. The van der Waals surface area contributed by atoms with Gasteiger partial charge in [0.15, 0.2) is 5.16 Å². The number of aromatic nitrogens is 2. The summed E-state index contributed by atoms with van der Waals surface area (Å²) in [5.74, 6) is 1.09. The highest BCUT2D eigenvalue weighted by molar-refractivity contribution is 7.99. The molecule has 5 nitrogen and oxygen atoms in total. The van der Waals surface area contributed by atoms with Gasteiger partial charge in [0.2, 0.25) is 5.91 Å². The van der Waals surface area contributed by atoms with Crippen LogP contribution in [0, 0.1) is 5.92 Å². The van der Waals surface area contributed by atoms with Crippen molar-refractivity contribution in [3.05, 3.63) is 36.5 Å². The maximum absolute atomic E-state index is 12.6. The van der Waals surface area contributed by atoms with Crippen LogP contribution in [0.4, 0.5) is 0 Å². The van der Waals surface area contributed by atoms with Crippen LogP contribution in [0.5, 0.6) is 0 Å². The predicted molar refractivity (Wildman–Crippen MR) is 117 cm³/mol. The summed E-state index contributed by atoms with van der Waals surface area (Å²) in [6.07, 6.45) is 9.16. The highest BCUT2D eigenvalue weighted by atomic mass is 32.2. The molecule has 1 aliphatic carbocycles. The van der Waals surface area contributed by atoms with Crippen molar-refractivity contribution >= 4 is 17.7 Å². The third-order valence-electron chi connectivity index (χ3n) is 6.09. The van der Waals surface area contributed by atoms with Crippen LogP contribution in [0.3, 0.4) is 0 Å². The Morgan fingerprint density at radius 3 is 2.79 bits per heavy atom. The molecule has 6 heteroatoms. The first-order chi connectivity index (χ1) is 14.2. The molecule has 1 saturated heterocycles. The van der Waals surface area contributed by atoms with Crippen LogP contribution in [0.25, 0.3) is 11.3 Å². The summed E-state index contributed by atoms with van der Waals surface area (Å²) < 4.78 is 8.10. The van der Waals surface area contributed by atoms with E-state index in [1.165, 1.54) is 31.0 Å². The van der Waals surface area contributed by atoms with E-state index in [9.17, 15) is 4.79 Å². The van der Waals surface area contributed by atoms with Gasteiger partial charge in [0, 0.05) is 12.6 Å². The Bertz CT molecular complexity index is 802. The van der Waals surface area contributed by atoms with Gasteiger partial charge in [-0.05, 0) is 37.2 Å². The van der Waals surface area contributed by atoms with Crippen molar-refractivity contribution in [3.8, 4) is 11.3 Å². The molecule has 1 saturated carbocycles. The second-order valence-corrected chi connectivity index (χ2v) is 9.20. The zero-order valence-electron chi connectivity index (χ0n) is 17.2. The lowest BCUT2D eigenvalue weighted by Crippen LogP contribution is -2.41. The van der Waals surface area contributed by atoms with Crippen molar-refractivity contribution in [2.45, 2.75) is 69.3 Å². The molecule has 1 amide bonds. The van der Waals surface area contributed by atoms with Crippen LogP contribution < -0.4 is 5.32 Å². The summed E-state index contributed by atoms with van der Waals surface area (Å²) in [5, 5.41) is 4.14. The third-order valence-corrected chi connectivity index (χ3v) is 7.08. The van der Waals surface area contributed by atoms with Crippen LogP contribution in [0.2, 0.25) is 0 Å². The van der Waals surface area contributed by atoms with Crippen LogP contribution in [-0.2, 0) is 16.1 Å². The van der Waals surface area contributed by atoms with E-state index in [-0.39, 0.29) is 12.0 Å². The fourth-order valence-electron chi connectivity index (χ4n) is 4.39. The molecule has 2 fully saturated rings. The molecule has 2 heterocycles. The molecule has 3 unspecified atom stereocenters. The molecule has 2 aromatic rings. The van der Waals surface area contributed by atoms with Gasteiger partial charge < -0.3 is 14.6 Å². The second-order valence-electron chi connectivity index (χ2n) is 8.26. The van der Waals surface area contributed by atoms with Crippen LogP contribution in [0.15, 0.2) is 41.7 Å². The maximum Gasteiger partial charge on any atom is 0.230 e. The number of nitrogens with one attached hydrogen (secondary N) is 1. The van der Waals surface area contributed by atoms with E-state index in [1.54, 1.807) is 0 Å². The molecule has 1 aliphatic heterocycles. The Labute approximate surface area is 177 Å². The summed E-state index contributed by atoms with van der Waals surface area (Å²) in [6.45, 7) is 3.87. The lowest BCUT2D eigenvalue weighted by atomic mass is 9.86. The van der Waals surface area contributed by atoms with Gasteiger partial charge in [0.05, 0.1) is 30.3 Å². The number of hydrogen-bond donors (Lipinski definition) is 1. The van der Waals surface area contributed by atoms with Gasteiger partial charge >= 0.3 is 0 Å². The normalized spacial score (nSPS) is 24.5.